The smallest absolute Gasteiger partial charge is 0.318 e. The maximum absolute atomic E-state index is 13.3. The maximum Gasteiger partial charge on any atom is 0.318 e. The van der Waals surface area contributed by atoms with E-state index < -0.39 is 29.1 Å². The van der Waals surface area contributed by atoms with E-state index in [9.17, 15) is 14.7 Å². The summed E-state index contributed by atoms with van der Waals surface area (Å²) >= 11 is 1.51. The van der Waals surface area contributed by atoms with Crippen molar-refractivity contribution < 1.29 is 19.4 Å². The fourth-order valence-electron chi connectivity index (χ4n) is 6.08. The van der Waals surface area contributed by atoms with Gasteiger partial charge in [0.25, 0.3) is 0 Å². The summed E-state index contributed by atoms with van der Waals surface area (Å²) < 4.78 is 6.40. The van der Waals surface area contributed by atoms with Crippen LogP contribution in [-0.4, -0.2) is 65.8 Å². The summed E-state index contributed by atoms with van der Waals surface area (Å²) in [7, 11) is 1.61. The van der Waals surface area contributed by atoms with Gasteiger partial charge in [0.05, 0.1) is 39.9 Å². The van der Waals surface area contributed by atoms with E-state index in [0.717, 1.165) is 15.8 Å². The first-order valence-electron chi connectivity index (χ1n) is 13.8. The van der Waals surface area contributed by atoms with E-state index in [2.05, 4.69) is 25.9 Å². The van der Waals surface area contributed by atoms with Crippen molar-refractivity contribution in [1.82, 2.24) is 25.9 Å². The first kappa shape index (κ1) is 28.5. The van der Waals surface area contributed by atoms with Crippen LogP contribution >= 0.6 is 11.3 Å². The number of methoxy groups -OCH3 is 1. The van der Waals surface area contributed by atoms with E-state index in [0.29, 0.717) is 56.0 Å². The summed E-state index contributed by atoms with van der Waals surface area (Å²) in [5.74, 6) is -2.28. The summed E-state index contributed by atoms with van der Waals surface area (Å²) in [6.45, 7) is 5.14. The monoisotopic (exact) mass is 577 g/mol. The van der Waals surface area contributed by atoms with Crippen molar-refractivity contribution in [1.29, 1.82) is 0 Å². The predicted molar refractivity (Wildman–Crippen MR) is 160 cm³/mol. The number of nitrogens with one attached hydrogen (secondary N) is 3. The van der Waals surface area contributed by atoms with E-state index in [1.165, 1.54) is 11.3 Å². The molecule has 3 atom stereocenters. The lowest BCUT2D eigenvalue weighted by molar-refractivity contribution is -0.158. The van der Waals surface area contributed by atoms with E-state index in [4.69, 9.17) is 9.73 Å². The molecule has 0 bridgehead atoms. The average Bonchev–Trinajstić information content (AvgIpc) is 3.46. The first-order chi connectivity index (χ1) is 19.9. The van der Waals surface area contributed by atoms with Crippen LogP contribution in [0.4, 0.5) is 10.5 Å². The molecule has 1 fully saturated rings. The Morgan fingerprint density at radius 1 is 1.27 bits per heavy atom. The van der Waals surface area contributed by atoms with Gasteiger partial charge in [-0.3, -0.25) is 15.1 Å². The first-order valence-corrected chi connectivity index (χ1v) is 14.7. The van der Waals surface area contributed by atoms with Crippen molar-refractivity contribution >= 4 is 45.5 Å². The van der Waals surface area contributed by atoms with Gasteiger partial charge in [0.2, 0.25) is 5.79 Å². The summed E-state index contributed by atoms with van der Waals surface area (Å²) in [4.78, 5) is 42.3. The summed E-state index contributed by atoms with van der Waals surface area (Å²) in [5, 5.41) is 20.0. The Morgan fingerprint density at radius 2 is 2.12 bits per heavy atom. The van der Waals surface area contributed by atoms with Gasteiger partial charge < -0.3 is 25.4 Å². The van der Waals surface area contributed by atoms with Crippen molar-refractivity contribution in [2.24, 2.45) is 16.3 Å². The highest BCUT2D eigenvalue weighted by Crippen LogP contribution is 2.48. The molecule has 41 heavy (non-hydrogen) atoms. The number of ether oxygens (including phenoxy) is 1. The van der Waals surface area contributed by atoms with Gasteiger partial charge in [-0.25, -0.2) is 14.8 Å². The van der Waals surface area contributed by atoms with Gasteiger partial charge in [0, 0.05) is 49.0 Å². The highest BCUT2D eigenvalue weighted by atomic mass is 32.1. The predicted octanol–water partition coefficient (Wildman–Crippen LogP) is 4.22. The number of rotatable bonds is 9. The zero-order valence-electron chi connectivity index (χ0n) is 23.4. The second-order valence-electron chi connectivity index (χ2n) is 10.2. The van der Waals surface area contributed by atoms with Crippen molar-refractivity contribution in [2.75, 3.05) is 31.6 Å². The number of fused-ring (bicyclic) bond motifs is 1. The summed E-state index contributed by atoms with van der Waals surface area (Å²) in [6, 6.07) is 7.14. The molecule has 5 rings (SSSR count). The molecule has 3 aromatic rings. The Labute approximate surface area is 242 Å². The number of hydrogen-bond acceptors (Lipinski definition) is 9. The highest BCUT2D eigenvalue weighted by Gasteiger charge is 2.59. The number of anilines is 1. The van der Waals surface area contributed by atoms with Crippen LogP contribution in [0.25, 0.3) is 21.5 Å². The molecular weight excluding hydrogens is 542 g/mol. The number of pyridine rings is 1. The minimum atomic E-state index is -1.45. The van der Waals surface area contributed by atoms with Crippen molar-refractivity contribution in [2.45, 2.75) is 38.9 Å². The SMILES string of the molecule is CCCC1(C(=O)O)CCNCC1C1(NC(=O)NCC)N=CC=CN1c1cc(-c2cc(OC)ccn2)c2scnc2c1. The lowest BCUT2D eigenvalue weighted by atomic mass is 9.64. The van der Waals surface area contributed by atoms with Crippen molar-refractivity contribution in [3.05, 3.63) is 48.2 Å². The number of allylic oxidation sites excluding steroid dienone is 1. The number of carboxylic acids is 1. The lowest BCUT2D eigenvalue weighted by Crippen LogP contribution is -2.71. The van der Waals surface area contributed by atoms with Gasteiger partial charge in [-0.15, -0.1) is 11.3 Å². The number of aliphatic carboxylic acids is 1. The molecule has 1 aromatic carbocycles. The minimum Gasteiger partial charge on any atom is -0.497 e. The highest BCUT2D eigenvalue weighted by molar-refractivity contribution is 7.17. The fourth-order valence-corrected chi connectivity index (χ4v) is 6.88. The van der Waals surface area contributed by atoms with Gasteiger partial charge in [0.1, 0.15) is 5.75 Å². The lowest BCUT2D eigenvalue weighted by Gasteiger charge is -2.54. The topological polar surface area (TPSA) is 141 Å². The molecule has 4 N–H and O–H groups in total. The number of carbonyl (C=O) groups is 2. The number of benzene rings is 1. The van der Waals surface area contributed by atoms with E-state index in [1.54, 1.807) is 37.2 Å². The van der Waals surface area contributed by atoms with Crippen molar-refractivity contribution in [3.8, 4) is 17.0 Å². The van der Waals surface area contributed by atoms with Crippen LogP contribution < -0.4 is 25.6 Å². The van der Waals surface area contributed by atoms with Crippen LogP contribution in [0.1, 0.15) is 33.1 Å². The molecule has 12 heteroatoms. The van der Waals surface area contributed by atoms with Crippen LogP contribution in [-0.2, 0) is 4.79 Å². The largest absolute Gasteiger partial charge is 0.497 e. The van der Waals surface area contributed by atoms with E-state index >= 15 is 0 Å². The van der Waals surface area contributed by atoms with Gasteiger partial charge in [-0.2, -0.15) is 0 Å². The quantitative estimate of drug-likeness (QED) is 0.296. The van der Waals surface area contributed by atoms with Gasteiger partial charge in [0.15, 0.2) is 0 Å². The van der Waals surface area contributed by atoms with Crippen LogP contribution in [0.15, 0.2) is 53.2 Å². The number of carbonyl (C=O) groups excluding carboxylic acids is 1. The number of carboxylic acid groups (broad SMARTS) is 1. The number of urea groups is 1. The van der Waals surface area contributed by atoms with Gasteiger partial charge >= 0.3 is 12.0 Å². The molecule has 216 valence electrons. The fraction of sp³-hybridized carbons (Fsp3) is 0.414. The molecule has 2 aliphatic heterocycles. The van der Waals surface area contributed by atoms with E-state index in [1.807, 2.05) is 43.1 Å². The zero-order valence-corrected chi connectivity index (χ0v) is 24.2. The number of piperidine rings is 1. The van der Waals surface area contributed by atoms with Gasteiger partial charge in [-0.1, -0.05) is 13.3 Å². The number of aromatic nitrogens is 2. The second-order valence-corrected chi connectivity index (χ2v) is 11.0. The van der Waals surface area contributed by atoms with Gasteiger partial charge in [-0.05, 0) is 50.6 Å². The third-order valence-electron chi connectivity index (χ3n) is 7.90. The molecule has 2 amide bonds. The molecule has 11 nitrogen and oxygen atoms in total. The molecular formula is C29H35N7O4S. The number of aliphatic imine (C=N–C) groups is 1. The molecule has 0 spiro atoms. The molecule has 2 aromatic heterocycles. The Kier molecular flexibility index (Phi) is 8.22. The van der Waals surface area contributed by atoms with Crippen LogP contribution in [0, 0.1) is 11.3 Å². The maximum atomic E-state index is 13.3. The Balaban J connectivity index is 1.73. The average molecular weight is 578 g/mol. The van der Waals surface area contributed by atoms with Crippen LogP contribution in [0.3, 0.4) is 0 Å². The number of nitrogens with zero attached hydrogens (tertiary/aromatic N) is 4. The number of hydrogen-bond donors (Lipinski definition) is 4. The summed E-state index contributed by atoms with van der Waals surface area (Å²) in [5.41, 5.74) is 3.65. The molecule has 0 saturated carbocycles. The Hall–Kier alpha value is -4.03. The number of amides is 2. The molecule has 0 radical (unpaired) electrons. The molecule has 2 aliphatic rings. The van der Waals surface area contributed by atoms with Crippen LogP contribution in [0.2, 0.25) is 0 Å². The van der Waals surface area contributed by atoms with Crippen molar-refractivity contribution in [3.63, 3.8) is 0 Å². The summed E-state index contributed by atoms with van der Waals surface area (Å²) in [6.07, 6.45) is 8.48. The standard InChI is InChI=1S/C29H35N7O4S/c1-4-8-28(26(37)38)9-12-30-17-24(28)29(35-27(39)31-5-2)34-10-6-13-36(29)19-14-21(25-23(15-19)33-18-41-25)22-16-20(40-3)7-11-32-22/h6-7,10-11,13-16,18,24,30H,4-5,8-9,12,17H2,1-3H3,(H,37,38)(H2,31,35,39). The molecule has 1 saturated heterocycles. The Morgan fingerprint density at radius 3 is 2.88 bits per heavy atom. The molecule has 3 unspecified atom stereocenters. The van der Waals surface area contributed by atoms with E-state index in [-0.39, 0.29) is 0 Å². The second kappa shape index (κ2) is 11.8. The Bertz CT molecular complexity index is 1490. The molecule has 0 aliphatic carbocycles. The van der Waals surface area contributed by atoms with Crippen LogP contribution in [0.5, 0.6) is 5.75 Å². The third kappa shape index (κ3) is 5.13. The number of thiazole rings is 1. The normalized spacial score (nSPS) is 23.9. The third-order valence-corrected chi connectivity index (χ3v) is 8.78. The minimum absolute atomic E-state index is 0.351. The zero-order chi connectivity index (χ0) is 29.0. The molecule has 4 heterocycles.